The molecular formula is C14H10BrClN2O2. The van der Waals surface area contributed by atoms with Crippen molar-refractivity contribution in [3.05, 3.63) is 67.5 Å². The van der Waals surface area contributed by atoms with Gasteiger partial charge in [-0.1, -0.05) is 39.7 Å². The van der Waals surface area contributed by atoms with E-state index in [0.29, 0.717) is 31.7 Å². The monoisotopic (exact) mass is 352 g/mol. The number of benzene rings is 2. The maximum atomic E-state index is 11.3. The molecule has 3 rings (SSSR count). The lowest BCUT2D eigenvalue weighted by atomic mass is 10.0. The molecule has 0 aliphatic rings. The fourth-order valence-electron chi connectivity index (χ4n) is 2.14. The number of halogens is 2. The molecule has 3 aromatic rings. The Kier molecular flexibility index (Phi) is 3.41. The van der Waals surface area contributed by atoms with Gasteiger partial charge in [0.1, 0.15) is 6.10 Å². The highest BCUT2D eigenvalue weighted by molar-refractivity contribution is 9.10. The van der Waals surface area contributed by atoms with Crippen molar-refractivity contribution in [1.29, 1.82) is 0 Å². The molecule has 0 aliphatic carbocycles. The summed E-state index contributed by atoms with van der Waals surface area (Å²) in [5.41, 5.74) is 2.41. The summed E-state index contributed by atoms with van der Waals surface area (Å²) < 4.78 is 0.715. The zero-order valence-electron chi connectivity index (χ0n) is 10.2. The van der Waals surface area contributed by atoms with Crippen LogP contribution in [-0.4, -0.2) is 15.1 Å². The van der Waals surface area contributed by atoms with Gasteiger partial charge in [0, 0.05) is 15.1 Å². The molecule has 0 radical (unpaired) electrons. The molecule has 0 aliphatic heterocycles. The summed E-state index contributed by atoms with van der Waals surface area (Å²) in [5.74, 6) is 0. The van der Waals surface area contributed by atoms with E-state index >= 15 is 0 Å². The zero-order chi connectivity index (χ0) is 14.3. The highest BCUT2D eigenvalue weighted by Crippen LogP contribution is 2.31. The van der Waals surface area contributed by atoms with E-state index in [2.05, 4.69) is 25.9 Å². The molecule has 4 nitrogen and oxygen atoms in total. The van der Waals surface area contributed by atoms with E-state index in [0.717, 1.165) is 0 Å². The second-order valence-corrected chi connectivity index (χ2v) is 5.75. The molecule has 3 N–H and O–H groups in total. The highest BCUT2D eigenvalue weighted by Gasteiger charge is 2.16. The Labute approximate surface area is 127 Å². The lowest BCUT2D eigenvalue weighted by molar-refractivity contribution is 0.219. The Morgan fingerprint density at radius 1 is 1.15 bits per heavy atom. The maximum Gasteiger partial charge on any atom is 0.323 e. The van der Waals surface area contributed by atoms with Crippen molar-refractivity contribution in [3.8, 4) is 0 Å². The lowest BCUT2D eigenvalue weighted by Gasteiger charge is -2.13. The van der Waals surface area contributed by atoms with E-state index < -0.39 is 6.10 Å². The van der Waals surface area contributed by atoms with Gasteiger partial charge in [0.25, 0.3) is 0 Å². The van der Waals surface area contributed by atoms with Crippen LogP contribution < -0.4 is 5.69 Å². The van der Waals surface area contributed by atoms with E-state index in [1.54, 1.807) is 36.4 Å². The molecular weight excluding hydrogens is 344 g/mol. The molecule has 0 fully saturated rings. The number of nitrogens with one attached hydrogen (secondary N) is 2. The standard InChI is InChI=1S/C14H10BrClN2O2/c15-10-6-12-11(17-14(20)18-12)5-9(10)13(19)7-2-1-3-8(16)4-7/h1-6,13,19H,(H2,17,18,20). The summed E-state index contributed by atoms with van der Waals surface area (Å²) in [7, 11) is 0. The minimum atomic E-state index is -0.828. The molecule has 1 atom stereocenters. The Bertz CT molecular complexity index is 841. The van der Waals surface area contributed by atoms with Crippen LogP contribution in [0.2, 0.25) is 5.02 Å². The van der Waals surface area contributed by atoms with E-state index in [1.807, 2.05) is 0 Å². The summed E-state index contributed by atoms with van der Waals surface area (Å²) >= 11 is 9.35. The molecule has 0 saturated carbocycles. The second kappa shape index (κ2) is 5.09. The smallest absolute Gasteiger partial charge is 0.323 e. The molecule has 0 amide bonds. The number of rotatable bonds is 2. The molecule has 20 heavy (non-hydrogen) atoms. The predicted octanol–water partition coefficient (Wildman–Crippen LogP) is 3.35. The van der Waals surface area contributed by atoms with Crippen molar-refractivity contribution < 1.29 is 5.11 Å². The van der Waals surface area contributed by atoms with Crippen LogP contribution in [0.25, 0.3) is 11.0 Å². The number of hydrogen-bond acceptors (Lipinski definition) is 2. The van der Waals surface area contributed by atoms with Crippen LogP contribution in [0.5, 0.6) is 0 Å². The quantitative estimate of drug-likeness (QED) is 0.661. The van der Waals surface area contributed by atoms with Crippen LogP contribution in [0.1, 0.15) is 17.2 Å². The topological polar surface area (TPSA) is 68.9 Å². The van der Waals surface area contributed by atoms with Crippen LogP contribution in [0.3, 0.4) is 0 Å². The zero-order valence-corrected chi connectivity index (χ0v) is 12.5. The average Bonchev–Trinajstić information content (AvgIpc) is 2.76. The van der Waals surface area contributed by atoms with E-state index in [9.17, 15) is 9.90 Å². The van der Waals surface area contributed by atoms with Gasteiger partial charge >= 0.3 is 5.69 Å². The van der Waals surface area contributed by atoms with Crippen molar-refractivity contribution in [2.24, 2.45) is 0 Å². The molecule has 1 aromatic heterocycles. The third-order valence-corrected chi connectivity index (χ3v) is 4.01. The number of hydrogen-bond donors (Lipinski definition) is 3. The van der Waals surface area contributed by atoms with Gasteiger partial charge in [-0.05, 0) is 29.8 Å². The second-order valence-electron chi connectivity index (χ2n) is 4.46. The summed E-state index contributed by atoms with van der Waals surface area (Å²) in [6.07, 6.45) is -0.828. The van der Waals surface area contributed by atoms with Crippen molar-refractivity contribution in [3.63, 3.8) is 0 Å². The number of imidazole rings is 1. The molecule has 2 aromatic carbocycles. The molecule has 6 heteroatoms. The Morgan fingerprint density at radius 3 is 2.55 bits per heavy atom. The van der Waals surface area contributed by atoms with Gasteiger partial charge in [0.05, 0.1) is 11.0 Å². The van der Waals surface area contributed by atoms with Gasteiger partial charge in [-0.3, -0.25) is 0 Å². The average molecular weight is 354 g/mol. The fraction of sp³-hybridized carbons (Fsp3) is 0.0714. The fourth-order valence-corrected chi connectivity index (χ4v) is 2.90. The van der Waals surface area contributed by atoms with E-state index in [1.165, 1.54) is 0 Å². The molecule has 1 unspecified atom stereocenters. The van der Waals surface area contributed by atoms with Gasteiger partial charge in [0.2, 0.25) is 0 Å². The van der Waals surface area contributed by atoms with Gasteiger partial charge in [-0.15, -0.1) is 0 Å². The first-order valence-electron chi connectivity index (χ1n) is 5.89. The number of fused-ring (bicyclic) bond motifs is 1. The van der Waals surface area contributed by atoms with Gasteiger partial charge < -0.3 is 15.1 Å². The highest BCUT2D eigenvalue weighted by atomic mass is 79.9. The Hall–Kier alpha value is -1.56. The first kappa shape index (κ1) is 13.4. The normalized spacial score (nSPS) is 12.8. The van der Waals surface area contributed by atoms with Crippen molar-refractivity contribution >= 4 is 38.6 Å². The summed E-state index contributed by atoms with van der Waals surface area (Å²) in [4.78, 5) is 16.6. The number of aliphatic hydroxyl groups is 1. The van der Waals surface area contributed by atoms with E-state index in [4.69, 9.17) is 11.6 Å². The largest absolute Gasteiger partial charge is 0.384 e. The number of H-pyrrole nitrogens is 2. The van der Waals surface area contributed by atoms with E-state index in [-0.39, 0.29) is 5.69 Å². The number of aromatic nitrogens is 2. The minimum absolute atomic E-state index is 0.277. The molecule has 102 valence electrons. The minimum Gasteiger partial charge on any atom is -0.384 e. The van der Waals surface area contributed by atoms with Crippen molar-refractivity contribution in [1.82, 2.24) is 9.97 Å². The van der Waals surface area contributed by atoms with Crippen molar-refractivity contribution in [2.45, 2.75) is 6.10 Å². The molecule has 1 heterocycles. The summed E-state index contributed by atoms with van der Waals surface area (Å²) in [6, 6.07) is 10.5. The Balaban J connectivity index is 2.13. The summed E-state index contributed by atoms with van der Waals surface area (Å²) in [5, 5.41) is 11.0. The molecule has 0 saturated heterocycles. The number of aliphatic hydroxyl groups excluding tert-OH is 1. The predicted molar refractivity (Wildman–Crippen MR) is 82.1 cm³/mol. The number of aromatic amines is 2. The van der Waals surface area contributed by atoms with Crippen LogP contribution in [0.15, 0.2) is 45.7 Å². The molecule has 0 bridgehead atoms. The van der Waals surface area contributed by atoms with Gasteiger partial charge in [-0.2, -0.15) is 0 Å². The van der Waals surface area contributed by atoms with Gasteiger partial charge in [0.15, 0.2) is 0 Å². The SMILES string of the molecule is O=c1[nH]c2cc(Br)c(C(O)c3cccc(Cl)c3)cc2[nH]1. The lowest BCUT2D eigenvalue weighted by Crippen LogP contribution is -2.01. The third kappa shape index (κ3) is 2.40. The van der Waals surface area contributed by atoms with Crippen LogP contribution in [-0.2, 0) is 0 Å². The third-order valence-electron chi connectivity index (χ3n) is 3.09. The summed E-state index contributed by atoms with van der Waals surface area (Å²) in [6.45, 7) is 0. The first-order valence-corrected chi connectivity index (χ1v) is 7.06. The Morgan fingerprint density at radius 2 is 1.85 bits per heavy atom. The van der Waals surface area contributed by atoms with Crippen LogP contribution in [0.4, 0.5) is 0 Å². The first-order chi connectivity index (χ1) is 9.54. The molecule has 0 spiro atoms. The van der Waals surface area contributed by atoms with Crippen LogP contribution >= 0.6 is 27.5 Å². The van der Waals surface area contributed by atoms with Crippen LogP contribution in [0, 0.1) is 0 Å². The van der Waals surface area contributed by atoms with Gasteiger partial charge in [-0.25, -0.2) is 4.79 Å². The van der Waals surface area contributed by atoms with Crippen molar-refractivity contribution in [2.75, 3.05) is 0 Å². The maximum absolute atomic E-state index is 11.3.